The lowest BCUT2D eigenvalue weighted by Gasteiger charge is -2.34. The Morgan fingerprint density at radius 3 is 2.70 bits per heavy atom. The van der Waals surface area contributed by atoms with Crippen LogP contribution in [0.4, 0.5) is 0 Å². The molecule has 1 saturated heterocycles. The number of aliphatic hydroxyl groups is 1. The Morgan fingerprint density at radius 1 is 1.50 bits per heavy atom. The van der Waals surface area contributed by atoms with Crippen molar-refractivity contribution in [1.29, 1.82) is 0 Å². The number of hydrogen-bond donors (Lipinski definition) is 3. The van der Waals surface area contributed by atoms with Crippen molar-refractivity contribution in [2.24, 2.45) is 0 Å². The lowest BCUT2D eigenvalue weighted by Crippen LogP contribution is -2.57. The van der Waals surface area contributed by atoms with E-state index < -0.39 is 5.60 Å². The normalized spacial score (nSPS) is 22.1. The van der Waals surface area contributed by atoms with Crippen LogP contribution in [0.5, 0.6) is 0 Å². The monoisotopic (exact) mass is 141 g/mol. The first-order valence-corrected chi connectivity index (χ1v) is 2.98. The topological polar surface area (TPSA) is 86.7 Å². The third-order valence-corrected chi connectivity index (χ3v) is 1.60. The van der Waals surface area contributed by atoms with E-state index in [-0.39, 0.29) is 0 Å². The van der Waals surface area contributed by atoms with Gasteiger partial charge in [-0.25, -0.2) is 0 Å². The van der Waals surface area contributed by atoms with Crippen molar-refractivity contribution in [3.63, 3.8) is 0 Å². The van der Waals surface area contributed by atoms with Gasteiger partial charge >= 0.3 is 0 Å². The van der Waals surface area contributed by atoms with Gasteiger partial charge in [-0.1, -0.05) is 5.21 Å². The summed E-state index contributed by atoms with van der Waals surface area (Å²) in [5.41, 5.74) is -0.882. The summed E-state index contributed by atoms with van der Waals surface area (Å²) in [6.07, 6.45) is 0. The number of aromatic nitrogens is 4. The molecule has 0 unspecified atom stereocenters. The highest BCUT2D eigenvalue weighted by Crippen LogP contribution is 2.19. The number of tetrazole rings is 1. The largest absolute Gasteiger partial charge is 0.379 e. The van der Waals surface area contributed by atoms with Gasteiger partial charge in [0.25, 0.3) is 0 Å². The predicted octanol–water partition coefficient (Wildman–Crippen LogP) is -2.01. The summed E-state index contributed by atoms with van der Waals surface area (Å²) in [7, 11) is 0. The number of aromatic amines is 1. The van der Waals surface area contributed by atoms with Crippen molar-refractivity contribution in [2.75, 3.05) is 13.1 Å². The molecule has 1 aromatic heterocycles. The summed E-state index contributed by atoms with van der Waals surface area (Å²) in [6, 6.07) is 0. The standard InChI is InChI=1S/C4H7N5O/c10-4(1-5-2-4)3-6-8-9-7-3/h5,10H,1-2H2,(H,6,7,8,9). The molecule has 3 N–H and O–H groups in total. The molecule has 0 aliphatic carbocycles. The van der Waals surface area contributed by atoms with E-state index in [0.717, 1.165) is 0 Å². The Bertz CT molecular complexity index is 216. The molecule has 2 heterocycles. The number of β-amino-alcohol motifs (C(OH)–C–C–N with tert-alkyl or cyclic N) is 1. The molecule has 1 aliphatic rings. The van der Waals surface area contributed by atoms with Gasteiger partial charge < -0.3 is 10.4 Å². The van der Waals surface area contributed by atoms with Gasteiger partial charge in [0.1, 0.15) is 0 Å². The van der Waals surface area contributed by atoms with E-state index in [1.807, 2.05) is 0 Å². The third-order valence-electron chi connectivity index (χ3n) is 1.60. The number of hydrogen-bond acceptors (Lipinski definition) is 5. The van der Waals surface area contributed by atoms with E-state index in [1.165, 1.54) is 0 Å². The average Bonchev–Trinajstić information content (AvgIpc) is 2.33. The van der Waals surface area contributed by atoms with Crippen LogP contribution in [0.25, 0.3) is 0 Å². The molecule has 0 aromatic carbocycles. The Morgan fingerprint density at radius 2 is 2.30 bits per heavy atom. The van der Waals surface area contributed by atoms with E-state index in [2.05, 4.69) is 25.9 Å². The van der Waals surface area contributed by atoms with Gasteiger partial charge in [-0.15, -0.1) is 10.2 Å². The molecule has 0 spiro atoms. The first kappa shape index (κ1) is 5.75. The van der Waals surface area contributed by atoms with E-state index in [9.17, 15) is 5.11 Å². The summed E-state index contributed by atoms with van der Waals surface area (Å²) in [4.78, 5) is 0. The molecule has 1 fully saturated rings. The van der Waals surface area contributed by atoms with Crippen LogP contribution >= 0.6 is 0 Å². The van der Waals surface area contributed by atoms with Crippen LogP contribution in [0, 0.1) is 0 Å². The fourth-order valence-corrected chi connectivity index (χ4v) is 0.879. The fourth-order valence-electron chi connectivity index (χ4n) is 0.879. The molecule has 0 saturated carbocycles. The maximum atomic E-state index is 9.52. The van der Waals surface area contributed by atoms with Crippen LogP contribution in [0.1, 0.15) is 5.82 Å². The molecule has 0 amide bonds. The van der Waals surface area contributed by atoms with E-state index in [0.29, 0.717) is 18.9 Å². The molecule has 0 atom stereocenters. The maximum Gasteiger partial charge on any atom is 0.208 e. The minimum absolute atomic E-state index is 0.367. The Kier molecular flexibility index (Phi) is 0.999. The second kappa shape index (κ2) is 1.74. The van der Waals surface area contributed by atoms with Crippen LogP contribution in [-0.4, -0.2) is 38.8 Å². The number of rotatable bonds is 1. The van der Waals surface area contributed by atoms with Crippen molar-refractivity contribution in [1.82, 2.24) is 25.9 Å². The van der Waals surface area contributed by atoms with Crippen LogP contribution < -0.4 is 5.32 Å². The van der Waals surface area contributed by atoms with Crippen molar-refractivity contribution in [3.05, 3.63) is 5.82 Å². The van der Waals surface area contributed by atoms with Crippen molar-refractivity contribution in [3.8, 4) is 0 Å². The summed E-state index contributed by atoms with van der Waals surface area (Å²) < 4.78 is 0. The first-order chi connectivity index (χ1) is 4.81. The highest BCUT2D eigenvalue weighted by molar-refractivity contribution is 5.05. The molecule has 2 rings (SSSR count). The number of nitrogens with one attached hydrogen (secondary N) is 2. The smallest absolute Gasteiger partial charge is 0.208 e. The van der Waals surface area contributed by atoms with Crippen LogP contribution in [0.3, 0.4) is 0 Å². The lowest BCUT2D eigenvalue weighted by molar-refractivity contribution is -0.0227. The van der Waals surface area contributed by atoms with Gasteiger partial charge in [0.15, 0.2) is 5.60 Å². The van der Waals surface area contributed by atoms with Crippen LogP contribution in [-0.2, 0) is 5.60 Å². The Labute approximate surface area is 56.6 Å². The zero-order valence-corrected chi connectivity index (χ0v) is 5.20. The highest BCUT2D eigenvalue weighted by atomic mass is 16.3. The van der Waals surface area contributed by atoms with Crippen LogP contribution in [0.2, 0.25) is 0 Å². The van der Waals surface area contributed by atoms with Crippen molar-refractivity contribution < 1.29 is 5.11 Å². The van der Waals surface area contributed by atoms with E-state index in [1.54, 1.807) is 0 Å². The predicted molar refractivity (Wildman–Crippen MR) is 30.9 cm³/mol. The number of H-pyrrole nitrogens is 1. The van der Waals surface area contributed by atoms with Crippen molar-refractivity contribution in [2.45, 2.75) is 5.60 Å². The van der Waals surface area contributed by atoms with E-state index >= 15 is 0 Å². The van der Waals surface area contributed by atoms with Gasteiger partial charge in [0.05, 0.1) is 0 Å². The molecule has 6 heteroatoms. The summed E-state index contributed by atoms with van der Waals surface area (Å²) in [5.74, 6) is 0.367. The molecule has 1 aliphatic heterocycles. The molecule has 6 nitrogen and oxygen atoms in total. The minimum atomic E-state index is -0.882. The second-order valence-electron chi connectivity index (χ2n) is 2.37. The van der Waals surface area contributed by atoms with Crippen molar-refractivity contribution >= 4 is 0 Å². The molecule has 54 valence electrons. The first-order valence-electron chi connectivity index (χ1n) is 2.98. The minimum Gasteiger partial charge on any atom is -0.379 e. The number of nitrogens with zero attached hydrogens (tertiary/aromatic N) is 3. The molecule has 0 radical (unpaired) electrons. The van der Waals surface area contributed by atoms with Gasteiger partial charge in [0.2, 0.25) is 5.82 Å². The van der Waals surface area contributed by atoms with Gasteiger partial charge in [-0.3, -0.25) is 0 Å². The average molecular weight is 141 g/mol. The van der Waals surface area contributed by atoms with Gasteiger partial charge in [0, 0.05) is 13.1 Å². The second-order valence-corrected chi connectivity index (χ2v) is 2.37. The maximum absolute atomic E-state index is 9.52. The Balaban J connectivity index is 2.27. The van der Waals surface area contributed by atoms with Gasteiger partial charge in [-0.05, 0) is 0 Å². The molecular weight excluding hydrogens is 134 g/mol. The summed E-state index contributed by atoms with van der Waals surface area (Å²) >= 11 is 0. The SMILES string of the molecule is OC1(c2nn[nH]n2)CNC1. The zero-order chi connectivity index (χ0) is 7.03. The quantitative estimate of drug-likeness (QED) is 0.420. The molecule has 0 bridgehead atoms. The fraction of sp³-hybridized carbons (Fsp3) is 0.750. The molecule has 10 heavy (non-hydrogen) atoms. The van der Waals surface area contributed by atoms with Crippen LogP contribution in [0.15, 0.2) is 0 Å². The zero-order valence-electron chi connectivity index (χ0n) is 5.20. The highest BCUT2D eigenvalue weighted by Gasteiger charge is 2.40. The summed E-state index contributed by atoms with van der Waals surface area (Å²) in [5, 5.41) is 25.4. The van der Waals surface area contributed by atoms with E-state index in [4.69, 9.17) is 0 Å². The molecular formula is C4H7N5O. The lowest BCUT2D eigenvalue weighted by atomic mass is 9.97. The third kappa shape index (κ3) is 0.628. The molecule has 1 aromatic rings. The summed E-state index contributed by atoms with van der Waals surface area (Å²) in [6.45, 7) is 1.01. The van der Waals surface area contributed by atoms with Gasteiger partial charge in [-0.2, -0.15) is 5.21 Å². The Hall–Kier alpha value is -1.01.